The summed E-state index contributed by atoms with van der Waals surface area (Å²) in [5, 5.41) is 8.41. The fourth-order valence-electron chi connectivity index (χ4n) is 2.60. The van der Waals surface area contributed by atoms with Crippen LogP contribution in [-0.4, -0.2) is 42.0 Å². The molecule has 0 aliphatic carbocycles. The van der Waals surface area contributed by atoms with Gasteiger partial charge in [-0.05, 0) is 32.0 Å². The Morgan fingerprint density at radius 3 is 2.56 bits per heavy atom. The highest BCUT2D eigenvalue weighted by molar-refractivity contribution is 7.13. The van der Waals surface area contributed by atoms with Gasteiger partial charge < -0.3 is 25.1 Å². The van der Waals surface area contributed by atoms with Gasteiger partial charge in [0.15, 0.2) is 5.13 Å². The van der Waals surface area contributed by atoms with Crippen LogP contribution < -0.4 is 20.1 Å². The van der Waals surface area contributed by atoms with Gasteiger partial charge in [0.05, 0.1) is 25.4 Å². The summed E-state index contributed by atoms with van der Waals surface area (Å²) >= 11 is 1.33. The number of H-pyrrole nitrogens is 1. The quantitative estimate of drug-likeness (QED) is 0.602. The van der Waals surface area contributed by atoms with Crippen molar-refractivity contribution in [3.05, 3.63) is 35.0 Å². The maximum atomic E-state index is 12.6. The van der Waals surface area contributed by atoms with E-state index in [2.05, 4.69) is 20.6 Å². The third kappa shape index (κ3) is 3.87. The molecule has 2 heterocycles. The molecule has 0 bridgehead atoms. The van der Waals surface area contributed by atoms with Gasteiger partial charge >= 0.3 is 0 Å². The van der Waals surface area contributed by atoms with Gasteiger partial charge in [0.2, 0.25) is 5.91 Å². The Labute approximate surface area is 159 Å². The number of aromatic amines is 1. The largest absolute Gasteiger partial charge is 0.496 e. The minimum atomic E-state index is -0.739. The molecule has 3 N–H and O–H groups in total. The van der Waals surface area contributed by atoms with Crippen molar-refractivity contribution in [2.75, 3.05) is 19.5 Å². The van der Waals surface area contributed by atoms with Gasteiger partial charge in [-0.2, -0.15) is 0 Å². The molecule has 0 fully saturated rings. The van der Waals surface area contributed by atoms with Crippen molar-refractivity contribution < 1.29 is 19.1 Å². The van der Waals surface area contributed by atoms with Crippen molar-refractivity contribution in [1.82, 2.24) is 15.3 Å². The minimum Gasteiger partial charge on any atom is -0.496 e. The third-order valence-electron chi connectivity index (χ3n) is 3.99. The average molecular weight is 388 g/mol. The lowest BCUT2D eigenvalue weighted by Crippen LogP contribution is -2.41. The Kier molecular flexibility index (Phi) is 5.31. The zero-order valence-corrected chi connectivity index (χ0v) is 16.2. The first-order valence-electron chi connectivity index (χ1n) is 8.20. The predicted octanol–water partition coefficient (Wildman–Crippen LogP) is 2.71. The standard InChI is InChI=1S/C18H20N4O4S/c1-9-8-27-18(19-9)22-16(23)10(2)20-17(24)12-7-11-13(25-3)5-6-14(26-4)15(11)21-12/h5-8,10,21H,1-4H3,(H,20,24)(H,19,22,23)/t10-/m0/s1. The highest BCUT2D eigenvalue weighted by atomic mass is 32.1. The van der Waals surface area contributed by atoms with Crippen molar-refractivity contribution in [2.45, 2.75) is 19.9 Å². The summed E-state index contributed by atoms with van der Waals surface area (Å²) in [6, 6.07) is 4.45. The molecule has 142 valence electrons. The second kappa shape index (κ2) is 7.67. The highest BCUT2D eigenvalue weighted by Gasteiger charge is 2.20. The van der Waals surface area contributed by atoms with Crippen LogP contribution in [0.15, 0.2) is 23.6 Å². The lowest BCUT2D eigenvalue weighted by atomic mass is 10.2. The number of ether oxygens (including phenoxy) is 2. The second-order valence-corrected chi connectivity index (χ2v) is 6.78. The number of benzene rings is 1. The van der Waals surface area contributed by atoms with Gasteiger partial charge in [-0.3, -0.25) is 9.59 Å². The lowest BCUT2D eigenvalue weighted by Gasteiger charge is -2.12. The van der Waals surface area contributed by atoms with Crippen LogP contribution in [0.5, 0.6) is 11.5 Å². The molecule has 1 atom stereocenters. The lowest BCUT2D eigenvalue weighted by molar-refractivity contribution is -0.117. The van der Waals surface area contributed by atoms with E-state index in [1.165, 1.54) is 11.3 Å². The number of hydrogen-bond acceptors (Lipinski definition) is 6. The van der Waals surface area contributed by atoms with Crippen molar-refractivity contribution in [2.24, 2.45) is 0 Å². The normalized spacial score (nSPS) is 11.9. The van der Waals surface area contributed by atoms with Crippen LogP contribution in [0.4, 0.5) is 5.13 Å². The number of fused-ring (bicyclic) bond motifs is 1. The molecule has 2 aromatic heterocycles. The van der Waals surface area contributed by atoms with E-state index in [1.807, 2.05) is 12.3 Å². The molecule has 0 spiro atoms. The summed E-state index contributed by atoms with van der Waals surface area (Å²) in [6.45, 7) is 3.45. The number of aryl methyl sites for hydroxylation is 1. The van der Waals surface area contributed by atoms with Crippen LogP contribution in [-0.2, 0) is 4.79 Å². The maximum Gasteiger partial charge on any atom is 0.268 e. The van der Waals surface area contributed by atoms with Crippen LogP contribution in [0.1, 0.15) is 23.1 Å². The zero-order chi connectivity index (χ0) is 19.6. The van der Waals surface area contributed by atoms with Gasteiger partial charge in [0, 0.05) is 10.8 Å². The second-order valence-electron chi connectivity index (χ2n) is 5.92. The number of rotatable bonds is 6. The monoisotopic (exact) mass is 388 g/mol. The van der Waals surface area contributed by atoms with E-state index in [0.717, 1.165) is 11.1 Å². The van der Waals surface area contributed by atoms with E-state index in [4.69, 9.17) is 9.47 Å². The van der Waals surface area contributed by atoms with Crippen LogP contribution in [0.2, 0.25) is 0 Å². The maximum absolute atomic E-state index is 12.6. The van der Waals surface area contributed by atoms with Gasteiger partial charge in [0.1, 0.15) is 23.2 Å². The molecule has 1 aromatic carbocycles. The SMILES string of the molecule is COc1ccc(OC)c2[nH]c(C(=O)N[C@@H](C)C(=O)Nc3nc(C)cs3)cc12. The van der Waals surface area contributed by atoms with Crippen LogP contribution in [0, 0.1) is 6.92 Å². The Morgan fingerprint density at radius 2 is 1.93 bits per heavy atom. The smallest absolute Gasteiger partial charge is 0.268 e. The van der Waals surface area contributed by atoms with Gasteiger partial charge in [-0.1, -0.05) is 0 Å². The van der Waals surface area contributed by atoms with Gasteiger partial charge in [-0.25, -0.2) is 4.98 Å². The molecular weight excluding hydrogens is 368 g/mol. The van der Waals surface area contributed by atoms with Crippen molar-refractivity contribution in [1.29, 1.82) is 0 Å². The average Bonchev–Trinajstić information content (AvgIpc) is 3.27. The predicted molar refractivity (Wildman–Crippen MR) is 104 cm³/mol. The Bertz CT molecular complexity index is 954. The van der Waals surface area contributed by atoms with E-state index in [-0.39, 0.29) is 5.91 Å². The number of thiazole rings is 1. The van der Waals surface area contributed by atoms with Crippen molar-refractivity contribution in [3.63, 3.8) is 0 Å². The first-order chi connectivity index (χ1) is 12.9. The van der Waals surface area contributed by atoms with Crippen LogP contribution in [0.3, 0.4) is 0 Å². The van der Waals surface area contributed by atoms with Crippen molar-refractivity contribution >= 4 is 39.2 Å². The number of amides is 2. The van der Waals surface area contributed by atoms with E-state index >= 15 is 0 Å². The number of carbonyl (C=O) groups excluding carboxylic acids is 2. The summed E-state index contributed by atoms with van der Waals surface area (Å²) in [5.41, 5.74) is 1.78. The number of nitrogens with one attached hydrogen (secondary N) is 3. The molecule has 8 nitrogen and oxygen atoms in total. The molecule has 3 aromatic rings. The van der Waals surface area contributed by atoms with E-state index < -0.39 is 11.9 Å². The van der Waals surface area contributed by atoms with E-state index in [9.17, 15) is 9.59 Å². The number of hydrogen-bond donors (Lipinski definition) is 3. The Hall–Kier alpha value is -3.07. The third-order valence-corrected chi connectivity index (χ3v) is 4.87. The highest BCUT2D eigenvalue weighted by Crippen LogP contribution is 2.33. The summed E-state index contributed by atoms with van der Waals surface area (Å²) in [7, 11) is 3.11. The number of aromatic nitrogens is 2. The zero-order valence-electron chi connectivity index (χ0n) is 15.4. The fraction of sp³-hybridized carbons (Fsp3) is 0.278. The topological polar surface area (TPSA) is 105 Å². The molecule has 2 amide bonds. The number of methoxy groups -OCH3 is 2. The number of anilines is 1. The summed E-state index contributed by atoms with van der Waals surface area (Å²) in [4.78, 5) is 32.0. The molecule has 9 heteroatoms. The number of nitrogens with zero attached hydrogens (tertiary/aromatic N) is 1. The molecule has 27 heavy (non-hydrogen) atoms. The first kappa shape index (κ1) is 18.7. The first-order valence-corrected chi connectivity index (χ1v) is 9.08. The molecule has 0 aliphatic rings. The van der Waals surface area contributed by atoms with Crippen LogP contribution >= 0.6 is 11.3 Å². The molecular formula is C18H20N4O4S. The molecule has 0 saturated carbocycles. The molecule has 3 rings (SSSR count). The Morgan fingerprint density at radius 1 is 1.22 bits per heavy atom. The number of carbonyl (C=O) groups is 2. The Balaban J connectivity index is 1.76. The fourth-order valence-corrected chi connectivity index (χ4v) is 3.29. The molecule has 0 radical (unpaired) electrons. The molecule has 0 unspecified atom stereocenters. The van der Waals surface area contributed by atoms with Gasteiger partial charge in [0.25, 0.3) is 5.91 Å². The van der Waals surface area contributed by atoms with Crippen LogP contribution in [0.25, 0.3) is 10.9 Å². The van der Waals surface area contributed by atoms with Crippen molar-refractivity contribution in [3.8, 4) is 11.5 Å². The minimum absolute atomic E-state index is 0.303. The van der Waals surface area contributed by atoms with Gasteiger partial charge in [-0.15, -0.1) is 11.3 Å². The van der Waals surface area contributed by atoms with E-state index in [0.29, 0.717) is 27.8 Å². The summed E-state index contributed by atoms with van der Waals surface area (Å²) in [5.74, 6) is 0.457. The molecule has 0 aliphatic heterocycles. The summed E-state index contributed by atoms with van der Waals surface area (Å²) in [6.07, 6.45) is 0. The van der Waals surface area contributed by atoms with E-state index in [1.54, 1.807) is 39.3 Å². The molecule has 0 saturated heterocycles. The summed E-state index contributed by atoms with van der Waals surface area (Å²) < 4.78 is 10.6.